The number of carbonyl (C=O) groups is 2. The van der Waals surface area contributed by atoms with Gasteiger partial charge < -0.3 is 9.64 Å². The number of sulfone groups is 1. The largest absolute Gasteiger partial charge is 0.483 e. The number of carbonyl (C=O) groups excluding carboxylic acids is 2. The lowest BCUT2D eigenvalue weighted by molar-refractivity contribution is -0.133. The van der Waals surface area contributed by atoms with Gasteiger partial charge in [-0.2, -0.15) is 0 Å². The Balaban J connectivity index is 1.97. The van der Waals surface area contributed by atoms with E-state index in [0.29, 0.717) is 24.0 Å². The first-order valence-electron chi connectivity index (χ1n) is 6.66. The van der Waals surface area contributed by atoms with Gasteiger partial charge in [0.25, 0.3) is 5.91 Å². The highest BCUT2D eigenvalue weighted by Crippen LogP contribution is 2.22. The standard InChI is InChI=1S/C14H16BrNO5S/c1-16(12-4-5-22(19,20)9-12)14(18)8-21-13-3-2-11(15)6-10(13)7-17/h2-3,6-7,12H,4-5,8-9H2,1H3/t12-/m0/s1. The third-order valence-corrected chi connectivity index (χ3v) is 5.84. The highest BCUT2D eigenvalue weighted by Gasteiger charge is 2.32. The summed E-state index contributed by atoms with van der Waals surface area (Å²) in [6, 6.07) is 4.60. The second kappa shape index (κ2) is 6.78. The summed E-state index contributed by atoms with van der Waals surface area (Å²) >= 11 is 3.25. The van der Waals surface area contributed by atoms with Crippen molar-refractivity contribution in [3.05, 3.63) is 28.2 Å². The van der Waals surface area contributed by atoms with Crippen LogP contribution in [0.4, 0.5) is 0 Å². The van der Waals surface area contributed by atoms with Gasteiger partial charge in [-0.25, -0.2) is 8.42 Å². The molecule has 1 heterocycles. The van der Waals surface area contributed by atoms with Crippen LogP contribution in [0.1, 0.15) is 16.8 Å². The Morgan fingerprint density at radius 3 is 2.82 bits per heavy atom. The lowest BCUT2D eigenvalue weighted by atomic mass is 10.2. The number of nitrogens with zero attached hydrogens (tertiary/aromatic N) is 1. The molecule has 0 saturated carbocycles. The van der Waals surface area contributed by atoms with E-state index in [1.165, 1.54) is 4.90 Å². The number of hydrogen-bond donors (Lipinski definition) is 0. The van der Waals surface area contributed by atoms with Crippen molar-refractivity contribution in [1.29, 1.82) is 0 Å². The highest BCUT2D eigenvalue weighted by atomic mass is 79.9. The Kier molecular flexibility index (Phi) is 5.23. The van der Waals surface area contributed by atoms with Crippen molar-refractivity contribution in [2.45, 2.75) is 12.5 Å². The van der Waals surface area contributed by atoms with E-state index in [1.54, 1.807) is 25.2 Å². The molecule has 1 aliphatic rings. The number of rotatable bonds is 5. The van der Waals surface area contributed by atoms with Gasteiger partial charge in [-0.3, -0.25) is 9.59 Å². The van der Waals surface area contributed by atoms with Crippen LogP contribution in [-0.4, -0.2) is 56.7 Å². The number of likely N-dealkylation sites (N-methyl/N-ethyl adjacent to an activating group) is 1. The van der Waals surface area contributed by atoms with Crippen LogP contribution in [0.15, 0.2) is 22.7 Å². The molecule has 1 aliphatic heterocycles. The first kappa shape index (κ1) is 17.0. The van der Waals surface area contributed by atoms with Crippen molar-refractivity contribution in [3.8, 4) is 5.75 Å². The highest BCUT2D eigenvalue weighted by molar-refractivity contribution is 9.10. The summed E-state index contributed by atoms with van der Waals surface area (Å²) in [5.41, 5.74) is 0.341. The van der Waals surface area contributed by atoms with E-state index in [2.05, 4.69) is 15.9 Å². The topological polar surface area (TPSA) is 80.8 Å². The summed E-state index contributed by atoms with van der Waals surface area (Å²) in [4.78, 5) is 24.5. The second-order valence-corrected chi connectivity index (χ2v) is 8.29. The normalized spacial score (nSPS) is 19.6. The molecular weight excluding hydrogens is 374 g/mol. The van der Waals surface area contributed by atoms with Gasteiger partial charge in [0.05, 0.1) is 17.1 Å². The predicted molar refractivity (Wildman–Crippen MR) is 84.9 cm³/mol. The van der Waals surface area contributed by atoms with Crippen LogP contribution < -0.4 is 4.74 Å². The third kappa shape index (κ3) is 4.07. The summed E-state index contributed by atoms with van der Waals surface area (Å²) in [5.74, 6) is 0.103. The van der Waals surface area contributed by atoms with Crippen LogP contribution in [0.3, 0.4) is 0 Å². The molecule has 0 aliphatic carbocycles. The minimum atomic E-state index is -3.04. The zero-order valence-electron chi connectivity index (χ0n) is 12.0. The van der Waals surface area contributed by atoms with Crippen molar-refractivity contribution < 1.29 is 22.7 Å². The fourth-order valence-corrected chi connectivity index (χ4v) is 4.42. The molecule has 0 radical (unpaired) electrons. The molecule has 22 heavy (non-hydrogen) atoms. The second-order valence-electron chi connectivity index (χ2n) is 5.15. The molecule has 1 atom stereocenters. The number of hydrogen-bond acceptors (Lipinski definition) is 5. The Hall–Kier alpha value is -1.41. The summed E-state index contributed by atoms with van der Waals surface area (Å²) in [5, 5.41) is 0. The van der Waals surface area contributed by atoms with Gasteiger partial charge in [-0.1, -0.05) is 15.9 Å². The molecule has 2 rings (SSSR count). The molecule has 6 nitrogen and oxygen atoms in total. The van der Waals surface area contributed by atoms with E-state index in [-0.39, 0.29) is 30.1 Å². The summed E-state index contributed by atoms with van der Waals surface area (Å²) in [6.45, 7) is -0.241. The van der Waals surface area contributed by atoms with Crippen LogP contribution in [0.5, 0.6) is 5.75 Å². The summed E-state index contributed by atoms with van der Waals surface area (Å²) in [6.07, 6.45) is 1.10. The monoisotopic (exact) mass is 389 g/mol. The van der Waals surface area contributed by atoms with Crippen molar-refractivity contribution in [1.82, 2.24) is 4.90 Å². The molecule has 0 bridgehead atoms. The summed E-state index contributed by atoms with van der Waals surface area (Å²) in [7, 11) is -1.47. The smallest absolute Gasteiger partial charge is 0.260 e. The lowest BCUT2D eigenvalue weighted by Crippen LogP contribution is -2.40. The van der Waals surface area contributed by atoms with E-state index in [9.17, 15) is 18.0 Å². The Labute approximate surface area is 137 Å². The number of aldehydes is 1. The maximum absolute atomic E-state index is 12.1. The van der Waals surface area contributed by atoms with Gasteiger partial charge >= 0.3 is 0 Å². The maximum atomic E-state index is 12.1. The van der Waals surface area contributed by atoms with Crippen LogP contribution >= 0.6 is 15.9 Å². The van der Waals surface area contributed by atoms with Crippen molar-refractivity contribution >= 4 is 38.0 Å². The fourth-order valence-electron chi connectivity index (χ4n) is 2.27. The molecule has 8 heteroatoms. The molecular formula is C14H16BrNO5S. The average Bonchev–Trinajstić information content (AvgIpc) is 2.84. The molecule has 1 amide bonds. The van der Waals surface area contributed by atoms with Crippen LogP contribution in [0.25, 0.3) is 0 Å². The van der Waals surface area contributed by atoms with Gasteiger partial charge in [0.2, 0.25) is 0 Å². The molecule has 0 N–H and O–H groups in total. The minimum absolute atomic E-state index is 0.00683. The first-order valence-corrected chi connectivity index (χ1v) is 9.27. The first-order chi connectivity index (χ1) is 10.3. The Morgan fingerprint density at radius 2 is 2.23 bits per heavy atom. The molecule has 0 unspecified atom stereocenters. The minimum Gasteiger partial charge on any atom is -0.483 e. The summed E-state index contributed by atoms with van der Waals surface area (Å²) < 4.78 is 29.0. The average molecular weight is 390 g/mol. The third-order valence-electron chi connectivity index (χ3n) is 3.60. The molecule has 1 fully saturated rings. The molecule has 1 aromatic carbocycles. The Morgan fingerprint density at radius 1 is 1.50 bits per heavy atom. The Bertz CT molecular complexity index is 688. The van der Waals surface area contributed by atoms with Gasteiger partial charge in [-0.05, 0) is 24.6 Å². The lowest BCUT2D eigenvalue weighted by Gasteiger charge is -2.23. The van der Waals surface area contributed by atoms with E-state index in [1.807, 2.05) is 0 Å². The molecule has 0 spiro atoms. The van der Waals surface area contributed by atoms with Gasteiger partial charge in [0.1, 0.15) is 5.75 Å². The number of halogens is 1. The molecule has 0 aromatic heterocycles. The molecule has 1 saturated heterocycles. The SMILES string of the molecule is CN(C(=O)COc1ccc(Br)cc1C=O)[C@H]1CCS(=O)(=O)C1. The van der Waals surface area contributed by atoms with Gasteiger partial charge in [0, 0.05) is 17.6 Å². The number of amides is 1. The van der Waals surface area contributed by atoms with Crippen LogP contribution in [0.2, 0.25) is 0 Å². The van der Waals surface area contributed by atoms with E-state index >= 15 is 0 Å². The van der Waals surface area contributed by atoms with Crippen molar-refractivity contribution in [2.24, 2.45) is 0 Å². The maximum Gasteiger partial charge on any atom is 0.260 e. The zero-order valence-corrected chi connectivity index (χ0v) is 14.4. The van der Waals surface area contributed by atoms with Crippen molar-refractivity contribution in [3.63, 3.8) is 0 Å². The number of benzene rings is 1. The predicted octanol–water partition coefficient (Wildman–Crippen LogP) is 1.29. The van der Waals surface area contributed by atoms with E-state index in [0.717, 1.165) is 4.47 Å². The fraction of sp³-hybridized carbons (Fsp3) is 0.429. The molecule has 120 valence electrons. The van der Waals surface area contributed by atoms with E-state index < -0.39 is 9.84 Å². The van der Waals surface area contributed by atoms with Gasteiger partial charge in [0.15, 0.2) is 22.7 Å². The number of ether oxygens (including phenoxy) is 1. The van der Waals surface area contributed by atoms with Crippen LogP contribution in [0, 0.1) is 0 Å². The zero-order chi connectivity index (χ0) is 16.3. The molecule has 1 aromatic rings. The quantitative estimate of drug-likeness (QED) is 0.708. The van der Waals surface area contributed by atoms with Gasteiger partial charge in [-0.15, -0.1) is 0 Å². The van der Waals surface area contributed by atoms with E-state index in [4.69, 9.17) is 4.74 Å². The van der Waals surface area contributed by atoms with Crippen molar-refractivity contribution in [2.75, 3.05) is 25.2 Å². The van der Waals surface area contributed by atoms with Crippen LogP contribution in [-0.2, 0) is 14.6 Å².